The number of fused-ring (bicyclic) bond motifs is 1. The highest BCUT2D eigenvalue weighted by atomic mass is 16.6. The van der Waals surface area contributed by atoms with Gasteiger partial charge >= 0.3 is 11.9 Å². The number of likely N-dealkylation sites (tertiary alicyclic amines) is 1. The standard InChI is InChI=1S/C27H32N2O5/c1-19(30)33-24-11-7-10-22(16-24)26-14-15-29(3)18-27(26,34-20(2)31)13-12-23(17-26)28-25(32)21-8-5-4-6-9-21/h4-11,16,23H,12-15,17-18H2,1-3H3,(H,28,32)/t23-,26+,27+/m1/s1. The zero-order valence-corrected chi connectivity index (χ0v) is 20.0. The van der Waals surface area contributed by atoms with Gasteiger partial charge in [0.25, 0.3) is 5.91 Å². The fraction of sp³-hybridized carbons (Fsp3) is 0.444. The molecule has 2 aromatic carbocycles. The molecule has 0 aromatic heterocycles. The first-order chi connectivity index (χ1) is 16.2. The fourth-order valence-corrected chi connectivity index (χ4v) is 5.80. The Labute approximate surface area is 200 Å². The number of nitrogens with zero attached hydrogens (tertiary/aromatic N) is 1. The third kappa shape index (κ3) is 4.71. The minimum Gasteiger partial charge on any atom is -0.457 e. The highest BCUT2D eigenvalue weighted by Gasteiger charge is 2.60. The number of nitrogens with one attached hydrogen (secondary N) is 1. The summed E-state index contributed by atoms with van der Waals surface area (Å²) >= 11 is 0. The molecule has 0 bridgehead atoms. The Morgan fingerprint density at radius 3 is 2.47 bits per heavy atom. The number of hydrogen-bond donors (Lipinski definition) is 1. The van der Waals surface area contributed by atoms with E-state index in [2.05, 4.69) is 10.2 Å². The molecule has 1 amide bonds. The smallest absolute Gasteiger partial charge is 0.308 e. The quantitative estimate of drug-likeness (QED) is 0.539. The maximum atomic E-state index is 12.9. The van der Waals surface area contributed by atoms with E-state index in [0.29, 0.717) is 37.1 Å². The molecule has 1 N–H and O–H groups in total. The predicted octanol–water partition coefficient (Wildman–Crippen LogP) is 3.47. The van der Waals surface area contributed by atoms with Crippen molar-refractivity contribution in [3.8, 4) is 5.75 Å². The Balaban J connectivity index is 1.73. The summed E-state index contributed by atoms with van der Waals surface area (Å²) in [7, 11) is 2.04. The number of benzene rings is 2. The summed E-state index contributed by atoms with van der Waals surface area (Å²) in [5.74, 6) is -0.351. The van der Waals surface area contributed by atoms with Crippen molar-refractivity contribution in [2.24, 2.45) is 0 Å². The van der Waals surface area contributed by atoms with Gasteiger partial charge in [0, 0.05) is 37.4 Å². The largest absolute Gasteiger partial charge is 0.457 e. The van der Waals surface area contributed by atoms with Crippen molar-refractivity contribution in [1.29, 1.82) is 0 Å². The molecule has 1 aliphatic heterocycles. The molecule has 3 atom stereocenters. The highest BCUT2D eigenvalue weighted by molar-refractivity contribution is 5.94. The molecule has 2 fully saturated rings. The number of ether oxygens (including phenoxy) is 2. The van der Waals surface area contributed by atoms with Gasteiger partial charge in [-0.1, -0.05) is 30.3 Å². The van der Waals surface area contributed by atoms with E-state index in [-0.39, 0.29) is 23.9 Å². The van der Waals surface area contributed by atoms with Crippen LogP contribution in [0.15, 0.2) is 54.6 Å². The Hall–Kier alpha value is -3.19. The summed E-state index contributed by atoms with van der Waals surface area (Å²) in [6.45, 7) is 4.25. The Morgan fingerprint density at radius 1 is 1.00 bits per heavy atom. The van der Waals surface area contributed by atoms with Gasteiger partial charge in [0.15, 0.2) is 0 Å². The second-order valence-corrected chi connectivity index (χ2v) is 9.56. The van der Waals surface area contributed by atoms with E-state index in [1.54, 1.807) is 18.2 Å². The number of carbonyl (C=O) groups is 3. The number of carbonyl (C=O) groups excluding carboxylic acids is 3. The Bertz CT molecular complexity index is 1070. The Morgan fingerprint density at radius 2 is 1.76 bits per heavy atom. The minimum atomic E-state index is -0.741. The van der Waals surface area contributed by atoms with E-state index in [0.717, 1.165) is 18.5 Å². The van der Waals surface area contributed by atoms with Gasteiger partial charge in [0.05, 0.1) is 0 Å². The van der Waals surface area contributed by atoms with Gasteiger partial charge in [-0.15, -0.1) is 0 Å². The molecule has 180 valence electrons. The van der Waals surface area contributed by atoms with E-state index in [1.807, 2.05) is 43.4 Å². The van der Waals surface area contributed by atoms with Crippen LogP contribution >= 0.6 is 0 Å². The normalized spacial score (nSPS) is 26.7. The lowest BCUT2D eigenvalue weighted by Gasteiger charge is -2.59. The summed E-state index contributed by atoms with van der Waals surface area (Å²) in [5, 5.41) is 3.21. The zero-order chi connectivity index (χ0) is 24.3. The van der Waals surface area contributed by atoms with E-state index in [1.165, 1.54) is 13.8 Å². The van der Waals surface area contributed by atoms with Gasteiger partial charge in [-0.2, -0.15) is 0 Å². The lowest BCUT2D eigenvalue weighted by molar-refractivity contribution is -0.185. The molecule has 0 spiro atoms. The molecule has 1 aliphatic carbocycles. The van der Waals surface area contributed by atoms with Gasteiger partial charge in [0.2, 0.25) is 0 Å². The number of rotatable bonds is 5. The third-order valence-corrected chi connectivity index (χ3v) is 7.17. The average molecular weight is 465 g/mol. The molecular weight excluding hydrogens is 432 g/mol. The van der Waals surface area contributed by atoms with Gasteiger partial charge in [0.1, 0.15) is 11.4 Å². The first-order valence-electron chi connectivity index (χ1n) is 11.8. The minimum absolute atomic E-state index is 0.0859. The number of hydrogen-bond acceptors (Lipinski definition) is 6. The molecule has 34 heavy (non-hydrogen) atoms. The van der Waals surface area contributed by atoms with Crippen LogP contribution in [0.5, 0.6) is 5.75 Å². The van der Waals surface area contributed by atoms with Crippen molar-refractivity contribution >= 4 is 17.8 Å². The highest BCUT2D eigenvalue weighted by Crippen LogP contribution is 2.54. The maximum absolute atomic E-state index is 12.9. The summed E-state index contributed by atoms with van der Waals surface area (Å²) in [6, 6.07) is 16.6. The molecule has 4 rings (SSSR count). The van der Waals surface area contributed by atoms with Crippen molar-refractivity contribution in [3.63, 3.8) is 0 Å². The van der Waals surface area contributed by atoms with Crippen LogP contribution < -0.4 is 10.1 Å². The Kier molecular flexibility index (Phi) is 6.75. The molecule has 1 heterocycles. The number of piperidine rings is 1. The van der Waals surface area contributed by atoms with Crippen LogP contribution in [0.2, 0.25) is 0 Å². The van der Waals surface area contributed by atoms with Crippen molar-refractivity contribution in [3.05, 3.63) is 65.7 Å². The average Bonchev–Trinajstić information content (AvgIpc) is 2.79. The molecule has 1 saturated carbocycles. The number of esters is 2. The summed E-state index contributed by atoms with van der Waals surface area (Å²) in [5.41, 5.74) is 0.302. The van der Waals surface area contributed by atoms with Crippen molar-refractivity contribution < 1.29 is 23.9 Å². The second-order valence-electron chi connectivity index (χ2n) is 9.56. The van der Waals surface area contributed by atoms with Gasteiger partial charge in [-0.25, -0.2) is 0 Å². The first-order valence-corrected chi connectivity index (χ1v) is 11.8. The van der Waals surface area contributed by atoms with Crippen molar-refractivity contribution in [2.45, 2.75) is 56.6 Å². The topological polar surface area (TPSA) is 84.9 Å². The van der Waals surface area contributed by atoms with Crippen LogP contribution in [-0.4, -0.2) is 54.5 Å². The predicted molar refractivity (Wildman–Crippen MR) is 128 cm³/mol. The SMILES string of the molecule is CC(=O)Oc1cccc([C@@]23CCN(C)C[C@@]2(OC(C)=O)CC[C@@H](NC(=O)c2ccccc2)C3)c1. The summed E-state index contributed by atoms with van der Waals surface area (Å²) < 4.78 is 11.5. The van der Waals surface area contributed by atoms with Crippen LogP contribution in [0.3, 0.4) is 0 Å². The molecule has 7 heteroatoms. The van der Waals surface area contributed by atoms with Crippen molar-refractivity contribution in [1.82, 2.24) is 10.2 Å². The second kappa shape index (κ2) is 9.58. The maximum Gasteiger partial charge on any atom is 0.308 e. The lowest BCUT2D eigenvalue weighted by Crippen LogP contribution is -2.68. The molecule has 2 aromatic rings. The van der Waals surface area contributed by atoms with Gasteiger partial charge < -0.3 is 19.7 Å². The van der Waals surface area contributed by atoms with Crippen LogP contribution in [-0.2, 0) is 19.7 Å². The van der Waals surface area contributed by atoms with Gasteiger partial charge in [-0.05, 0) is 69.1 Å². The molecule has 7 nitrogen and oxygen atoms in total. The van der Waals surface area contributed by atoms with Crippen LogP contribution in [0, 0.1) is 0 Å². The molecule has 1 saturated heterocycles. The zero-order valence-electron chi connectivity index (χ0n) is 20.0. The molecule has 0 unspecified atom stereocenters. The number of likely N-dealkylation sites (N-methyl/N-ethyl adjacent to an activating group) is 1. The van der Waals surface area contributed by atoms with E-state index in [4.69, 9.17) is 9.47 Å². The van der Waals surface area contributed by atoms with Crippen LogP contribution in [0.1, 0.15) is 55.5 Å². The fourth-order valence-electron chi connectivity index (χ4n) is 5.80. The van der Waals surface area contributed by atoms with Crippen LogP contribution in [0.4, 0.5) is 0 Å². The van der Waals surface area contributed by atoms with Gasteiger partial charge in [-0.3, -0.25) is 14.4 Å². The number of amides is 1. The monoisotopic (exact) mass is 464 g/mol. The first kappa shape index (κ1) is 24.0. The third-order valence-electron chi connectivity index (χ3n) is 7.17. The van der Waals surface area contributed by atoms with Crippen molar-refractivity contribution in [2.75, 3.05) is 20.1 Å². The molecular formula is C27H32N2O5. The lowest BCUT2D eigenvalue weighted by atomic mass is 9.55. The van der Waals surface area contributed by atoms with E-state index in [9.17, 15) is 14.4 Å². The van der Waals surface area contributed by atoms with E-state index < -0.39 is 11.0 Å². The summed E-state index contributed by atoms with van der Waals surface area (Å²) in [4.78, 5) is 39.0. The summed E-state index contributed by atoms with van der Waals surface area (Å²) in [6.07, 6.45) is 2.69. The van der Waals surface area contributed by atoms with Crippen LogP contribution in [0.25, 0.3) is 0 Å². The van der Waals surface area contributed by atoms with E-state index >= 15 is 0 Å². The molecule has 0 radical (unpaired) electrons. The molecule has 2 aliphatic rings.